The fourth-order valence-electron chi connectivity index (χ4n) is 9.02. The molecule has 3 saturated heterocycles. The predicted molar refractivity (Wildman–Crippen MR) is 179 cm³/mol. The lowest BCUT2D eigenvalue weighted by molar-refractivity contribution is -0.366. The van der Waals surface area contributed by atoms with E-state index in [9.17, 15) is 55.9 Å². The molecule has 16 atom stereocenters. The molecular weight excluding hydrogens is 704 g/mol. The fourth-order valence-corrected chi connectivity index (χ4v) is 9.02. The van der Waals surface area contributed by atoms with E-state index in [1.165, 1.54) is 6.08 Å². The highest BCUT2D eigenvalue weighted by molar-refractivity contribution is 5.81. The van der Waals surface area contributed by atoms with Gasteiger partial charge in [0.15, 0.2) is 24.8 Å². The lowest BCUT2D eigenvalue weighted by Gasteiger charge is -2.50. The summed E-state index contributed by atoms with van der Waals surface area (Å²) < 4.78 is 34.6. The minimum absolute atomic E-state index is 0.0123. The molecule has 17 nitrogen and oxygen atoms in total. The van der Waals surface area contributed by atoms with Crippen LogP contribution < -0.4 is 0 Å². The first-order valence-corrected chi connectivity index (χ1v) is 19.2. The smallest absolute Gasteiger partial charge is 0.330 e. The average molecular weight is 764 g/mol. The van der Waals surface area contributed by atoms with Crippen molar-refractivity contribution >= 4 is 5.97 Å². The van der Waals surface area contributed by atoms with E-state index < -0.39 is 123 Å². The van der Waals surface area contributed by atoms with Crippen LogP contribution in [0.5, 0.6) is 0 Å². The number of esters is 1. The van der Waals surface area contributed by atoms with Crippen LogP contribution in [0.25, 0.3) is 0 Å². The van der Waals surface area contributed by atoms with E-state index in [0.29, 0.717) is 44.9 Å². The van der Waals surface area contributed by atoms with Gasteiger partial charge in [-0.05, 0) is 63.7 Å². The molecule has 3 saturated carbocycles. The maximum atomic E-state index is 12.5. The summed E-state index contributed by atoms with van der Waals surface area (Å²) >= 11 is 0. The number of aliphatic hydroxyl groups excluding tert-OH is 10. The molecule has 53 heavy (non-hydrogen) atoms. The number of rotatable bonds is 10. The Kier molecular flexibility index (Phi) is 14.2. The number of fused-ring (bicyclic) bond motifs is 1. The Morgan fingerprint density at radius 3 is 1.83 bits per heavy atom. The molecule has 3 heterocycles. The molecule has 6 rings (SSSR count). The van der Waals surface area contributed by atoms with E-state index in [4.69, 9.17) is 28.4 Å². The van der Waals surface area contributed by atoms with Gasteiger partial charge in [-0.1, -0.05) is 6.08 Å². The maximum Gasteiger partial charge on any atom is 0.330 e. The summed E-state index contributed by atoms with van der Waals surface area (Å²) in [4.78, 5) is 12.5. The van der Waals surface area contributed by atoms with Crippen LogP contribution in [0, 0.1) is 17.8 Å². The third kappa shape index (κ3) is 9.77. The van der Waals surface area contributed by atoms with Crippen LogP contribution >= 0.6 is 0 Å². The highest BCUT2D eigenvalue weighted by Crippen LogP contribution is 2.44. The van der Waals surface area contributed by atoms with Gasteiger partial charge in [-0.25, -0.2) is 4.79 Å². The van der Waals surface area contributed by atoms with Crippen LogP contribution in [0.15, 0.2) is 12.2 Å². The second kappa shape index (κ2) is 18.3. The van der Waals surface area contributed by atoms with E-state index >= 15 is 0 Å². The van der Waals surface area contributed by atoms with Gasteiger partial charge >= 0.3 is 5.97 Å². The van der Waals surface area contributed by atoms with Gasteiger partial charge in [0.05, 0.1) is 36.9 Å². The molecule has 0 spiro atoms. The molecule has 6 aliphatic rings. The SMILES string of the molecule is O=C(C=CC1CCC(O)CC1)OC[C@H]1O[C@@H](OC2CC(O)CC3[OH+]C(C4CCC(O)CC4)C(O[C@@H]4O[C@H](CO)[C@H](O)[C@H](O)[C@H]4O)CC23)[C@H](O)[C@@H](O)[C@@H]1O. The number of ether oxygens (including phenoxy) is 6. The number of hydrogen-bond donors (Lipinski definition) is 10. The van der Waals surface area contributed by atoms with Gasteiger partial charge in [-0.3, -0.25) is 0 Å². The van der Waals surface area contributed by atoms with E-state index in [1.807, 2.05) is 0 Å². The first-order valence-electron chi connectivity index (χ1n) is 19.2. The van der Waals surface area contributed by atoms with Crippen molar-refractivity contribution in [1.29, 1.82) is 0 Å². The molecule has 0 aromatic heterocycles. The second-order valence-electron chi connectivity index (χ2n) is 15.9. The molecule has 304 valence electrons. The molecule has 0 aromatic carbocycles. The normalized spacial score (nSPS) is 49.7. The Morgan fingerprint density at radius 2 is 1.21 bits per heavy atom. The standard InChI is InChI=1S/C36H58O17/c37-14-25-28(42)30(44)32(46)36(52-25)51-24-13-21-22(49-34(24)17-4-8-19(39)9-5-17)11-20(40)12-23(21)50-35-33(47)31(45)29(43)26(53-35)15-48-27(41)10-3-16-1-6-18(38)7-2-16/h3,10,16-26,28-40,42-47H,1-2,4-9,11-15H2/p+1/t16?,17?,18?,19?,20?,21?,22?,23?,24?,25-,26-,28+,29-,30+,31+,32-,33-,34?,35-,36-/m1/s1. The molecule has 0 bridgehead atoms. The predicted octanol–water partition coefficient (Wildman–Crippen LogP) is -2.99. The van der Waals surface area contributed by atoms with Crippen molar-refractivity contribution in [1.82, 2.24) is 0 Å². The van der Waals surface area contributed by atoms with Gasteiger partial charge in [0, 0.05) is 24.8 Å². The molecule has 6 fully saturated rings. The van der Waals surface area contributed by atoms with Crippen molar-refractivity contribution in [2.75, 3.05) is 13.2 Å². The summed E-state index contributed by atoms with van der Waals surface area (Å²) in [6, 6.07) is 0. The van der Waals surface area contributed by atoms with Crippen molar-refractivity contribution in [3.05, 3.63) is 12.2 Å². The van der Waals surface area contributed by atoms with Crippen molar-refractivity contribution in [3.63, 3.8) is 0 Å². The topological polar surface area (TPSA) is 278 Å². The monoisotopic (exact) mass is 763 g/mol. The summed E-state index contributed by atoms with van der Waals surface area (Å²) in [5, 5.41) is 105. The van der Waals surface area contributed by atoms with Crippen LogP contribution in [0.3, 0.4) is 0 Å². The number of carbonyl (C=O) groups is 1. The van der Waals surface area contributed by atoms with Crippen LogP contribution in [-0.2, 0) is 28.5 Å². The largest absolute Gasteiger partial charge is 0.460 e. The van der Waals surface area contributed by atoms with Gasteiger partial charge in [-0.2, -0.15) is 0 Å². The van der Waals surface area contributed by atoms with Crippen molar-refractivity contribution < 1.29 is 84.3 Å². The lowest BCUT2D eigenvalue weighted by atomic mass is 9.73. The Morgan fingerprint density at radius 1 is 0.642 bits per heavy atom. The maximum absolute atomic E-state index is 12.5. The minimum atomic E-state index is -1.71. The van der Waals surface area contributed by atoms with Crippen LogP contribution in [0.1, 0.15) is 70.6 Å². The highest BCUT2D eigenvalue weighted by Gasteiger charge is 2.56. The molecule has 3 aliphatic carbocycles. The first-order chi connectivity index (χ1) is 25.3. The number of allylic oxidation sites excluding steroid dienone is 1. The fraction of sp³-hybridized carbons (Fsp3) is 0.917. The van der Waals surface area contributed by atoms with Gasteiger partial charge in [0.25, 0.3) is 0 Å². The van der Waals surface area contributed by atoms with Gasteiger partial charge < -0.3 is 79.5 Å². The average Bonchev–Trinajstić information content (AvgIpc) is 3.14. The molecule has 11 N–H and O–H groups in total. The van der Waals surface area contributed by atoms with E-state index in [-0.39, 0.29) is 30.8 Å². The number of aliphatic hydroxyl groups is 12. The summed E-state index contributed by atoms with van der Waals surface area (Å²) in [6.07, 6.45) is -10.3. The zero-order valence-electron chi connectivity index (χ0n) is 29.8. The zero-order valence-corrected chi connectivity index (χ0v) is 29.8. The first kappa shape index (κ1) is 41.2. The van der Waals surface area contributed by atoms with Gasteiger partial charge in [-0.15, -0.1) is 0 Å². The quantitative estimate of drug-likeness (QED) is 0.0603. The van der Waals surface area contributed by atoms with Gasteiger partial charge in [0.2, 0.25) is 0 Å². The van der Waals surface area contributed by atoms with E-state index in [1.54, 1.807) is 6.08 Å². The summed E-state index contributed by atoms with van der Waals surface area (Å²) in [5.74, 6) is -0.992. The van der Waals surface area contributed by atoms with Crippen LogP contribution in [0.4, 0.5) is 0 Å². The highest BCUT2D eigenvalue weighted by atomic mass is 16.7. The second-order valence-corrected chi connectivity index (χ2v) is 15.9. The number of hydrogen-bond acceptors (Lipinski definition) is 16. The minimum Gasteiger partial charge on any atom is -0.460 e. The molecule has 6 unspecified atom stereocenters. The Bertz CT molecular complexity index is 1190. The molecule has 0 amide bonds. The van der Waals surface area contributed by atoms with Crippen molar-refractivity contribution in [3.8, 4) is 0 Å². The van der Waals surface area contributed by atoms with Crippen molar-refractivity contribution in [2.24, 2.45) is 17.8 Å². The third-order valence-electron chi connectivity index (χ3n) is 12.2. The van der Waals surface area contributed by atoms with Crippen molar-refractivity contribution in [2.45, 2.75) is 175 Å². The molecule has 17 heteroatoms. The molecule has 3 aliphatic heterocycles. The van der Waals surface area contributed by atoms with E-state index in [0.717, 1.165) is 12.8 Å². The molecular formula is C36H59O17+. The molecule has 0 radical (unpaired) electrons. The Hall–Kier alpha value is -1.39. The zero-order chi connectivity index (χ0) is 38.0. The van der Waals surface area contributed by atoms with Crippen LogP contribution in [-0.4, -0.2) is 179 Å². The Labute approximate surface area is 308 Å². The number of carbonyl (C=O) groups excluding carboxylic acids is 1. The summed E-state index contributed by atoms with van der Waals surface area (Å²) in [6.45, 7) is -1.07. The van der Waals surface area contributed by atoms with Crippen LogP contribution in [0.2, 0.25) is 0 Å². The lowest BCUT2D eigenvalue weighted by Crippen LogP contribution is -2.64. The summed E-state index contributed by atoms with van der Waals surface area (Å²) in [7, 11) is 0. The third-order valence-corrected chi connectivity index (χ3v) is 12.2. The molecule has 0 aromatic rings. The summed E-state index contributed by atoms with van der Waals surface area (Å²) in [5.41, 5.74) is 0. The van der Waals surface area contributed by atoms with Gasteiger partial charge in [0.1, 0.15) is 61.5 Å². The Balaban J connectivity index is 1.14. The van der Waals surface area contributed by atoms with E-state index in [2.05, 4.69) is 0 Å².